The minimum Gasteiger partial charge on any atom is -0.486 e. The summed E-state index contributed by atoms with van der Waals surface area (Å²) in [6.07, 6.45) is 1.15. The number of carbonyl (C=O) groups is 4. The maximum absolute atomic E-state index is 14.4. The van der Waals surface area contributed by atoms with Gasteiger partial charge in [-0.05, 0) is 31.7 Å². The van der Waals surface area contributed by atoms with Crippen LogP contribution in [0.5, 0.6) is 5.75 Å². The summed E-state index contributed by atoms with van der Waals surface area (Å²) in [6, 6.07) is 5.64. The Kier molecular flexibility index (Phi) is 7.24. The number of nitrogens with one attached hydrogen (secondary N) is 2. The second kappa shape index (κ2) is 10.8. The second-order valence-electron chi connectivity index (χ2n) is 9.71. The Morgan fingerprint density at radius 1 is 1.13 bits per heavy atom. The summed E-state index contributed by atoms with van der Waals surface area (Å²) in [5.74, 6) is -1.78. The topological polar surface area (TPSA) is 138 Å². The number of nitrogens with zero attached hydrogens (tertiary/aromatic N) is 5. The molecule has 1 aromatic carbocycles. The van der Waals surface area contributed by atoms with Gasteiger partial charge in [0.2, 0.25) is 5.91 Å². The van der Waals surface area contributed by atoms with E-state index < -0.39 is 23.7 Å². The number of ketones is 1. The minimum atomic E-state index is -0.846. The molecule has 1 saturated heterocycles. The van der Waals surface area contributed by atoms with Gasteiger partial charge in [0.05, 0.1) is 6.20 Å². The van der Waals surface area contributed by atoms with E-state index in [2.05, 4.69) is 25.6 Å². The Balaban J connectivity index is 1.31. The van der Waals surface area contributed by atoms with E-state index in [9.17, 15) is 23.6 Å². The number of likely N-dealkylation sites (N-methyl/N-ethyl adjacent to an activating group) is 1. The summed E-state index contributed by atoms with van der Waals surface area (Å²) in [7, 11) is 1.97. The summed E-state index contributed by atoms with van der Waals surface area (Å²) >= 11 is 0. The summed E-state index contributed by atoms with van der Waals surface area (Å²) in [5, 5.41) is 9.22. The van der Waals surface area contributed by atoms with Gasteiger partial charge in [-0.25, -0.2) is 13.9 Å². The number of amides is 3. The molecule has 2 aliphatic rings. The third-order valence-corrected chi connectivity index (χ3v) is 6.78. The number of ether oxygens (including phenoxy) is 1. The van der Waals surface area contributed by atoms with Crippen molar-refractivity contribution in [2.75, 3.05) is 39.8 Å². The number of carbonyl (C=O) groups excluding carboxylic acids is 4. The first-order valence-electron chi connectivity index (χ1n) is 12.6. The molecular weight excluding hydrogens is 509 g/mol. The molecule has 3 amide bonds. The number of hydrogen-bond acceptors (Lipinski definition) is 8. The van der Waals surface area contributed by atoms with Crippen molar-refractivity contribution in [1.29, 1.82) is 0 Å². The van der Waals surface area contributed by atoms with Crippen LogP contribution in [0.25, 0.3) is 5.65 Å². The van der Waals surface area contributed by atoms with Crippen LogP contribution in [0.4, 0.5) is 4.39 Å². The van der Waals surface area contributed by atoms with Crippen LogP contribution in [-0.4, -0.2) is 93.8 Å². The zero-order valence-electron chi connectivity index (χ0n) is 21.6. The third kappa shape index (κ3) is 5.58. The second-order valence-corrected chi connectivity index (χ2v) is 9.71. The fourth-order valence-electron chi connectivity index (χ4n) is 4.56. The number of benzene rings is 1. The Hall–Kier alpha value is -4.39. The minimum absolute atomic E-state index is 0.0330. The quantitative estimate of drug-likeness (QED) is 0.455. The average Bonchev–Trinajstić information content (AvgIpc) is 3.31. The maximum Gasteiger partial charge on any atom is 0.270 e. The smallest absolute Gasteiger partial charge is 0.270 e. The van der Waals surface area contributed by atoms with Crippen molar-refractivity contribution in [1.82, 2.24) is 35.0 Å². The Morgan fingerprint density at radius 3 is 2.67 bits per heavy atom. The van der Waals surface area contributed by atoms with Crippen LogP contribution in [-0.2, 0) is 22.6 Å². The first-order chi connectivity index (χ1) is 18.7. The van der Waals surface area contributed by atoms with Gasteiger partial charge in [-0.1, -0.05) is 6.07 Å². The van der Waals surface area contributed by atoms with E-state index in [0.717, 1.165) is 34.9 Å². The van der Waals surface area contributed by atoms with Gasteiger partial charge in [0.15, 0.2) is 17.2 Å². The molecule has 12 nitrogen and oxygen atoms in total. The lowest BCUT2D eigenvalue weighted by atomic mass is 10.0. The van der Waals surface area contributed by atoms with Crippen molar-refractivity contribution in [3.8, 4) is 5.75 Å². The lowest BCUT2D eigenvalue weighted by molar-refractivity contribution is -0.134. The van der Waals surface area contributed by atoms with E-state index in [1.54, 1.807) is 30.0 Å². The van der Waals surface area contributed by atoms with E-state index in [1.165, 1.54) is 6.07 Å². The van der Waals surface area contributed by atoms with Gasteiger partial charge in [0.1, 0.15) is 29.8 Å². The number of Topliss-reactive ketones (excluding diaryl/α,β-unsaturated/α-hetero) is 1. The Labute approximate surface area is 223 Å². The molecule has 39 heavy (non-hydrogen) atoms. The molecule has 0 radical (unpaired) electrons. The van der Waals surface area contributed by atoms with E-state index in [0.29, 0.717) is 18.8 Å². The highest BCUT2D eigenvalue weighted by Gasteiger charge is 2.27. The van der Waals surface area contributed by atoms with Crippen molar-refractivity contribution in [3.63, 3.8) is 0 Å². The van der Waals surface area contributed by atoms with Gasteiger partial charge in [-0.2, -0.15) is 5.10 Å². The molecule has 0 bridgehead atoms. The first-order valence-corrected chi connectivity index (χ1v) is 12.6. The fraction of sp³-hybridized carbons (Fsp3) is 0.385. The molecule has 0 unspecified atom stereocenters. The van der Waals surface area contributed by atoms with Crippen LogP contribution < -0.4 is 15.4 Å². The molecule has 4 heterocycles. The molecular formula is C26H28FN7O5. The van der Waals surface area contributed by atoms with Gasteiger partial charge in [-0.3, -0.25) is 19.2 Å². The Morgan fingerprint density at radius 2 is 1.90 bits per heavy atom. The molecule has 3 aromatic rings. The predicted octanol–water partition coefficient (Wildman–Crippen LogP) is 0.195. The van der Waals surface area contributed by atoms with E-state index in [1.807, 2.05) is 7.05 Å². The van der Waals surface area contributed by atoms with E-state index in [4.69, 9.17) is 4.74 Å². The van der Waals surface area contributed by atoms with Crippen LogP contribution in [0, 0.1) is 5.82 Å². The van der Waals surface area contributed by atoms with Crippen molar-refractivity contribution >= 4 is 29.2 Å². The molecule has 5 rings (SSSR count). The molecule has 1 fully saturated rings. The maximum atomic E-state index is 14.4. The number of hydrogen-bond donors (Lipinski definition) is 2. The average molecular weight is 538 g/mol. The standard InChI is InChI=1S/C26H28FN7O5/c1-15(26(38)33-7-5-32(2)6-8-33)30-25(37)21-11-20(31-23-19(27)13-29-34(21)23)24(36)28-12-16-3-4-22-17(9-16)10-18(35)14-39-22/h3-4,9,11,13,15H,5-8,10,12,14H2,1-2H3,(H,28,36)(H,30,37)/t15-/m0/s1. The van der Waals surface area contributed by atoms with Gasteiger partial charge in [-0.15, -0.1) is 0 Å². The highest BCUT2D eigenvalue weighted by atomic mass is 19.1. The van der Waals surface area contributed by atoms with Gasteiger partial charge < -0.3 is 25.2 Å². The van der Waals surface area contributed by atoms with Crippen LogP contribution in [0.2, 0.25) is 0 Å². The largest absolute Gasteiger partial charge is 0.486 e. The molecule has 2 N–H and O–H groups in total. The van der Waals surface area contributed by atoms with Crippen molar-refractivity contribution in [2.45, 2.75) is 25.9 Å². The monoisotopic (exact) mass is 537 g/mol. The highest BCUT2D eigenvalue weighted by molar-refractivity contribution is 6.00. The summed E-state index contributed by atoms with van der Waals surface area (Å²) in [5.41, 5.74) is 0.831. The van der Waals surface area contributed by atoms with Gasteiger partial charge >= 0.3 is 0 Å². The predicted molar refractivity (Wildman–Crippen MR) is 136 cm³/mol. The normalized spacial score (nSPS) is 16.4. The van der Waals surface area contributed by atoms with E-state index in [-0.39, 0.29) is 48.3 Å². The van der Waals surface area contributed by atoms with E-state index >= 15 is 0 Å². The zero-order chi connectivity index (χ0) is 27.7. The molecule has 0 spiro atoms. The first kappa shape index (κ1) is 26.2. The number of aromatic nitrogens is 3. The number of piperazine rings is 1. The Bertz CT molecular complexity index is 1460. The van der Waals surface area contributed by atoms with Crippen LogP contribution in [0.1, 0.15) is 39.0 Å². The highest BCUT2D eigenvalue weighted by Crippen LogP contribution is 2.24. The summed E-state index contributed by atoms with van der Waals surface area (Å²) in [4.78, 5) is 58.5. The van der Waals surface area contributed by atoms with Crippen molar-refractivity contribution < 1.29 is 28.3 Å². The molecule has 0 aliphatic carbocycles. The van der Waals surface area contributed by atoms with Crippen molar-refractivity contribution in [3.05, 3.63) is 58.8 Å². The zero-order valence-corrected chi connectivity index (χ0v) is 21.6. The van der Waals surface area contributed by atoms with Crippen LogP contribution in [0.3, 0.4) is 0 Å². The SMILES string of the molecule is C[C@H](NC(=O)c1cc(C(=O)NCc2ccc3c(c2)CC(=O)CO3)nc2c(F)cnn12)C(=O)N1CCN(C)CC1. The van der Waals surface area contributed by atoms with Crippen molar-refractivity contribution in [2.24, 2.45) is 0 Å². The van der Waals surface area contributed by atoms with Gasteiger partial charge in [0, 0.05) is 50.8 Å². The molecule has 13 heteroatoms. The molecule has 0 saturated carbocycles. The number of rotatable bonds is 6. The fourth-order valence-corrected chi connectivity index (χ4v) is 4.56. The molecule has 2 aliphatic heterocycles. The number of fused-ring (bicyclic) bond motifs is 2. The lowest BCUT2D eigenvalue weighted by Gasteiger charge is -2.34. The van der Waals surface area contributed by atoms with Crippen LogP contribution in [0.15, 0.2) is 30.5 Å². The molecule has 204 valence electrons. The van der Waals surface area contributed by atoms with Gasteiger partial charge in [0.25, 0.3) is 11.8 Å². The molecule has 2 aromatic heterocycles. The van der Waals surface area contributed by atoms with Crippen LogP contribution >= 0.6 is 0 Å². The summed E-state index contributed by atoms with van der Waals surface area (Å²) in [6.45, 7) is 4.30. The molecule has 1 atom stereocenters. The lowest BCUT2D eigenvalue weighted by Crippen LogP contribution is -2.53. The number of halogens is 1. The third-order valence-electron chi connectivity index (χ3n) is 6.78. The summed E-state index contributed by atoms with van der Waals surface area (Å²) < 4.78 is 20.8.